The van der Waals surface area contributed by atoms with E-state index in [2.05, 4.69) is 0 Å². The van der Waals surface area contributed by atoms with Crippen LogP contribution in [0.25, 0.3) is 0 Å². The van der Waals surface area contributed by atoms with Crippen molar-refractivity contribution in [1.82, 2.24) is 0 Å². The van der Waals surface area contributed by atoms with Crippen molar-refractivity contribution < 1.29 is 9.53 Å². The lowest BCUT2D eigenvalue weighted by atomic mass is 10.3. The van der Waals surface area contributed by atoms with Gasteiger partial charge in [0.2, 0.25) is 0 Å². The smallest absolute Gasteiger partial charge is 0.155 e. The average molecular weight is 142 g/mol. The fourth-order valence-corrected chi connectivity index (χ4v) is 0.872. The van der Waals surface area contributed by atoms with Crippen molar-refractivity contribution >= 4 is 5.78 Å². The molecule has 1 aliphatic carbocycles. The molecule has 1 rings (SSSR count). The van der Waals surface area contributed by atoms with Crippen molar-refractivity contribution in [2.75, 3.05) is 13.2 Å². The minimum atomic E-state index is 0.121. The molecule has 0 aromatic rings. The van der Waals surface area contributed by atoms with Gasteiger partial charge in [-0.15, -0.1) is 0 Å². The van der Waals surface area contributed by atoms with Gasteiger partial charge in [-0.05, 0) is 19.3 Å². The summed E-state index contributed by atoms with van der Waals surface area (Å²) in [5.41, 5.74) is 0. The first-order valence-corrected chi connectivity index (χ1v) is 3.86. The Morgan fingerprint density at radius 3 is 2.80 bits per heavy atom. The maximum atomic E-state index is 10.4. The van der Waals surface area contributed by atoms with Gasteiger partial charge in [0.05, 0.1) is 0 Å². The number of ether oxygens (including phenoxy) is 1. The highest BCUT2D eigenvalue weighted by molar-refractivity contribution is 5.76. The SMILES string of the molecule is CC(=O)COCCC1CC1. The summed E-state index contributed by atoms with van der Waals surface area (Å²) < 4.78 is 5.10. The number of hydrogen-bond donors (Lipinski definition) is 0. The monoisotopic (exact) mass is 142 g/mol. The van der Waals surface area contributed by atoms with Gasteiger partial charge in [-0.3, -0.25) is 4.79 Å². The number of carbonyl (C=O) groups excluding carboxylic acids is 1. The second-order valence-corrected chi connectivity index (χ2v) is 2.99. The molecule has 1 saturated carbocycles. The minimum Gasteiger partial charge on any atom is -0.374 e. The third-order valence-corrected chi connectivity index (χ3v) is 1.67. The molecular formula is C8H14O2. The maximum absolute atomic E-state index is 10.4. The van der Waals surface area contributed by atoms with Gasteiger partial charge in [0, 0.05) is 6.61 Å². The molecule has 2 heteroatoms. The maximum Gasteiger partial charge on any atom is 0.155 e. The van der Waals surface area contributed by atoms with E-state index < -0.39 is 0 Å². The van der Waals surface area contributed by atoms with Gasteiger partial charge >= 0.3 is 0 Å². The van der Waals surface area contributed by atoms with Crippen LogP contribution in [0.3, 0.4) is 0 Å². The second kappa shape index (κ2) is 3.71. The van der Waals surface area contributed by atoms with Gasteiger partial charge in [0.15, 0.2) is 5.78 Å². The summed E-state index contributed by atoms with van der Waals surface area (Å²) in [5, 5.41) is 0. The van der Waals surface area contributed by atoms with Gasteiger partial charge in [-0.25, -0.2) is 0 Å². The van der Waals surface area contributed by atoms with E-state index in [-0.39, 0.29) is 5.78 Å². The molecule has 1 fully saturated rings. The summed E-state index contributed by atoms with van der Waals surface area (Å²) in [7, 11) is 0. The Labute approximate surface area is 61.6 Å². The fourth-order valence-electron chi connectivity index (χ4n) is 0.872. The summed E-state index contributed by atoms with van der Waals surface area (Å²) in [4.78, 5) is 10.4. The Balaban J connectivity index is 1.80. The van der Waals surface area contributed by atoms with E-state index in [1.165, 1.54) is 12.8 Å². The minimum absolute atomic E-state index is 0.121. The molecular weight excluding hydrogens is 128 g/mol. The molecule has 0 heterocycles. The molecule has 0 amide bonds. The van der Waals surface area contributed by atoms with E-state index in [1.54, 1.807) is 6.92 Å². The quantitative estimate of drug-likeness (QED) is 0.542. The average Bonchev–Trinajstić information content (AvgIpc) is 2.62. The fraction of sp³-hybridized carbons (Fsp3) is 0.875. The highest BCUT2D eigenvalue weighted by Gasteiger charge is 2.20. The van der Waals surface area contributed by atoms with E-state index in [0.29, 0.717) is 6.61 Å². The van der Waals surface area contributed by atoms with E-state index in [9.17, 15) is 4.79 Å². The van der Waals surface area contributed by atoms with Gasteiger partial charge in [-0.1, -0.05) is 12.8 Å². The number of hydrogen-bond acceptors (Lipinski definition) is 2. The molecule has 0 aliphatic heterocycles. The molecule has 0 aromatic carbocycles. The number of Topliss-reactive ketones (excluding diaryl/α,β-unsaturated/α-hetero) is 1. The molecule has 0 bridgehead atoms. The predicted octanol–water partition coefficient (Wildman–Crippen LogP) is 1.39. The third kappa shape index (κ3) is 3.62. The number of rotatable bonds is 5. The van der Waals surface area contributed by atoms with E-state index in [1.807, 2.05) is 0 Å². The standard InChI is InChI=1S/C8H14O2/c1-7(9)6-10-5-4-8-2-3-8/h8H,2-6H2,1H3. The van der Waals surface area contributed by atoms with Crippen LogP contribution in [0.4, 0.5) is 0 Å². The molecule has 2 nitrogen and oxygen atoms in total. The van der Waals surface area contributed by atoms with Gasteiger partial charge in [-0.2, -0.15) is 0 Å². The van der Waals surface area contributed by atoms with Crippen molar-refractivity contribution in [2.24, 2.45) is 5.92 Å². The first-order chi connectivity index (χ1) is 4.79. The Kier molecular flexibility index (Phi) is 2.87. The molecule has 0 N–H and O–H groups in total. The largest absolute Gasteiger partial charge is 0.374 e. The summed E-state index contributed by atoms with van der Waals surface area (Å²) >= 11 is 0. The Bertz CT molecular complexity index is 116. The van der Waals surface area contributed by atoms with Crippen LogP contribution in [0.2, 0.25) is 0 Å². The Morgan fingerprint density at radius 2 is 2.30 bits per heavy atom. The van der Waals surface area contributed by atoms with Gasteiger partial charge in [0.1, 0.15) is 6.61 Å². The zero-order valence-corrected chi connectivity index (χ0v) is 6.43. The van der Waals surface area contributed by atoms with Crippen molar-refractivity contribution in [3.63, 3.8) is 0 Å². The van der Waals surface area contributed by atoms with Crippen LogP contribution in [-0.4, -0.2) is 19.0 Å². The summed E-state index contributed by atoms with van der Waals surface area (Å²) in [6.07, 6.45) is 3.88. The van der Waals surface area contributed by atoms with Crippen molar-refractivity contribution in [2.45, 2.75) is 26.2 Å². The van der Waals surface area contributed by atoms with Crippen molar-refractivity contribution in [3.8, 4) is 0 Å². The molecule has 0 radical (unpaired) electrons. The zero-order valence-electron chi connectivity index (χ0n) is 6.43. The zero-order chi connectivity index (χ0) is 7.40. The molecule has 0 aromatic heterocycles. The van der Waals surface area contributed by atoms with E-state index in [0.717, 1.165) is 18.9 Å². The summed E-state index contributed by atoms with van der Waals surface area (Å²) in [6.45, 7) is 2.62. The first-order valence-electron chi connectivity index (χ1n) is 3.86. The number of ketones is 1. The van der Waals surface area contributed by atoms with Gasteiger partial charge < -0.3 is 4.74 Å². The third-order valence-electron chi connectivity index (χ3n) is 1.67. The van der Waals surface area contributed by atoms with Crippen LogP contribution in [0, 0.1) is 5.92 Å². The molecule has 0 unspecified atom stereocenters. The van der Waals surface area contributed by atoms with Crippen LogP contribution >= 0.6 is 0 Å². The lowest BCUT2D eigenvalue weighted by molar-refractivity contribution is -0.121. The van der Waals surface area contributed by atoms with E-state index in [4.69, 9.17) is 4.74 Å². The molecule has 0 atom stereocenters. The van der Waals surface area contributed by atoms with Crippen LogP contribution in [0.15, 0.2) is 0 Å². The highest BCUT2D eigenvalue weighted by atomic mass is 16.5. The molecule has 0 spiro atoms. The van der Waals surface area contributed by atoms with Gasteiger partial charge in [0.25, 0.3) is 0 Å². The topological polar surface area (TPSA) is 26.3 Å². The van der Waals surface area contributed by atoms with Crippen LogP contribution in [0.5, 0.6) is 0 Å². The molecule has 0 saturated heterocycles. The van der Waals surface area contributed by atoms with Crippen molar-refractivity contribution in [3.05, 3.63) is 0 Å². The summed E-state index contributed by atoms with van der Waals surface area (Å²) in [6, 6.07) is 0. The summed E-state index contributed by atoms with van der Waals surface area (Å²) in [5.74, 6) is 1.03. The van der Waals surface area contributed by atoms with E-state index >= 15 is 0 Å². The van der Waals surface area contributed by atoms with Crippen LogP contribution < -0.4 is 0 Å². The van der Waals surface area contributed by atoms with Crippen LogP contribution in [0.1, 0.15) is 26.2 Å². The molecule has 1 aliphatic rings. The molecule has 10 heavy (non-hydrogen) atoms. The normalized spacial score (nSPS) is 17.3. The predicted molar refractivity (Wildman–Crippen MR) is 38.8 cm³/mol. The molecule has 58 valence electrons. The lowest BCUT2D eigenvalue weighted by Crippen LogP contribution is -2.05. The first kappa shape index (κ1) is 7.73. The number of carbonyl (C=O) groups is 1. The Hall–Kier alpha value is -0.370. The highest BCUT2D eigenvalue weighted by Crippen LogP contribution is 2.31. The van der Waals surface area contributed by atoms with Crippen LogP contribution in [-0.2, 0) is 9.53 Å². The lowest BCUT2D eigenvalue weighted by Gasteiger charge is -1.98. The Morgan fingerprint density at radius 1 is 1.60 bits per heavy atom. The second-order valence-electron chi connectivity index (χ2n) is 2.99. The van der Waals surface area contributed by atoms with Crippen molar-refractivity contribution in [1.29, 1.82) is 0 Å².